The molecule has 0 N–H and O–H groups in total. The first-order valence-electron chi connectivity index (χ1n) is 6.19. The van der Waals surface area contributed by atoms with E-state index in [-0.39, 0.29) is 12.4 Å². The second-order valence-corrected chi connectivity index (χ2v) is 4.71. The number of benzene rings is 2. The van der Waals surface area contributed by atoms with E-state index in [1.807, 2.05) is 30.3 Å². The third-order valence-electron chi connectivity index (χ3n) is 2.75. The van der Waals surface area contributed by atoms with Crippen molar-refractivity contribution < 1.29 is 14.3 Å². The molecule has 0 spiro atoms. The molecule has 2 aromatic rings. The Labute approximate surface area is 123 Å². The van der Waals surface area contributed by atoms with E-state index >= 15 is 0 Å². The van der Waals surface area contributed by atoms with Gasteiger partial charge in [-0.05, 0) is 23.8 Å². The van der Waals surface area contributed by atoms with Crippen LogP contribution in [0.3, 0.4) is 0 Å². The van der Waals surface area contributed by atoms with Crippen molar-refractivity contribution in [1.82, 2.24) is 0 Å². The average Bonchev–Trinajstić information content (AvgIpc) is 2.47. The molecule has 2 rings (SSSR count). The maximum atomic E-state index is 12.0. The van der Waals surface area contributed by atoms with Crippen LogP contribution in [0.2, 0.25) is 5.02 Å². The zero-order chi connectivity index (χ0) is 14.4. The fourth-order valence-electron chi connectivity index (χ4n) is 1.79. The lowest BCUT2D eigenvalue weighted by Gasteiger charge is -2.11. The highest BCUT2D eigenvalue weighted by atomic mass is 35.5. The third kappa shape index (κ3) is 3.83. The molecule has 0 saturated heterocycles. The molecular formula is C16H15ClO3. The van der Waals surface area contributed by atoms with Gasteiger partial charge in [-0.1, -0.05) is 41.9 Å². The Bertz CT molecular complexity index is 582. The molecule has 4 heteroatoms. The molecule has 0 atom stereocenters. The summed E-state index contributed by atoms with van der Waals surface area (Å²) in [7, 11) is 1.48. The molecule has 0 radical (unpaired) electrons. The number of methoxy groups -OCH3 is 1. The SMILES string of the molecule is COCC(=O)c1cc(Cl)ccc1OCc1ccccc1. The van der Waals surface area contributed by atoms with Crippen LogP contribution in [0.4, 0.5) is 0 Å². The van der Waals surface area contributed by atoms with Gasteiger partial charge in [-0.3, -0.25) is 4.79 Å². The molecule has 0 unspecified atom stereocenters. The zero-order valence-electron chi connectivity index (χ0n) is 11.1. The van der Waals surface area contributed by atoms with Gasteiger partial charge < -0.3 is 9.47 Å². The first kappa shape index (κ1) is 14.6. The van der Waals surface area contributed by atoms with Crippen molar-refractivity contribution in [1.29, 1.82) is 0 Å². The molecule has 0 aliphatic rings. The van der Waals surface area contributed by atoms with Gasteiger partial charge in [0.05, 0.1) is 5.56 Å². The second kappa shape index (κ2) is 7.08. The van der Waals surface area contributed by atoms with Crippen LogP contribution in [0.5, 0.6) is 5.75 Å². The molecule has 0 amide bonds. The van der Waals surface area contributed by atoms with Crippen LogP contribution in [0.1, 0.15) is 15.9 Å². The van der Waals surface area contributed by atoms with Crippen molar-refractivity contribution in [2.45, 2.75) is 6.61 Å². The molecule has 0 aromatic heterocycles. The van der Waals surface area contributed by atoms with Crippen LogP contribution in [-0.2, 0) is 11.3 Å². The Hall–Kier alpha value is -1.84. The van der Waals surface area contributed by atoms with E-state index < -0.39 is 0 Å². The largest absolute Gasteiger partial charge is 0.488 e. The summed E-state index contributed by atoms with van der Waals surface area (Å²) < 4.78 is 10.6. The maximum absolute atomic E-state index is 12.0. The van der Waals surface area contributed by atoms with Gasteiger partial charge in [0.25, 0.3) is 0 Å². The van der Waals surface area contributed by atoms with Crippen molar-refractivity contribution in [3.63, 3.8) is 0 Å². The van der Waals surface area contributed by atoms with Gasteiger partial charge in [0.1, 0.15) is 19.0 Å². The average molecular weight is 291 g/mol. The molecule has 2 aromatic carbocycles. The Morgan fingerprint density at radius 2 is 1.90 bits per heavy atom. The van der Waals surface area contributed by atoms with E-state index in [0.29, 0.717) is 22.9 Å². The van der Waals surface area contributed by atoms with E-state index in [1.54, 1.807) is 18.2 Å². The smallest absolute Gasteiger partial charge is 0.192 e. The van der Waals surface area contributed by atoms with E-state index in [9.17, 15) is 4.79 Å². The van der Waals surface area contributed by atoms with Gasteiger partial charge in [-0.2, -0.15) is 0 Å². The first-order valence-corrected chi connectivity index (χ1v) is 6.57. The van der Waals surface area contributed by atoms with Gasteiger partial charge in [-0.25, -0.2) is 0 Å². The molecule has 20 heavy (non-hydrogen) atoms. The molecule has 0 saturated carbocycles. The number of ether oxygens (including phenoxy) is 2. The van der Waals surface area contributed by atoms with Crippen LogP contribution >= 0.6 is 11.6 Å². The van der Waals surface area contributed by atoms with Crippen LogP contribution in [0.25, 0.3) is 0 Å². The normalized spacial score (nSPS) is 10.3. The lowest BCUT2D eigenvalue weighted by atomic mass is 10.1. The van der Waals surface area contributed by atoms with Crippen LogP contribution < -0.4 is 4.74 Å². The van der Waals surface area contributed by atoms with Crippen LogP contribution in [0.15, 0.2) is 48.5 Å². The number of hydrogen-bond donors (Lipinski definition) is 0. The van der Waals surface area contributed by atoms with Crippen LogP contribution in [-0.4, -0.2) is 19.5 Å². The van der Waals surface area contributed by atoms with Crippen molar-refractivity contribution in [3.05, 3.63) is 64.7 Å². The zero-order valence-corrected chi connectivity index (χ0v) is 11.9. The summed E-state index contributed by atoms with van der Waals surface area (Å²) in [5.74, 6) is 0.360. The number of Topliss-reactive ketones (excluding diaryl/α,β-unsaturated/α-hetero) is 1. The number of ketones is 1. The molecular weight excluding hydrogens is 276 g/mol. The fourth-order valence-corrected chi connectivity index (χ4v) is 1.96. The van der Waals surface area contributed by atoms with Gasteiger partial charge in [-0.15, -0.1) is 0 Å². The van der Waals surface area contributed by atoms with Gasteiger partial charge in [0, 0.05) is 12.1 Å². The predicted octanol–water partition coefficient (Wildman–Crippen LogP) is 3.75. The number of hydrogen-bond acceptors (Lipinski definition) is 3. The number of rotatable bonds is 6. The molecule has 0 aliphatic heterocycles. The number of carbonyl (C=O) groups excluding carboxylic acids is 1. The summed E-state index contributed by atoms with van der Waals surface area (Å²) >= 11 is 5.93. The lowest BCUT2D eigenvalue weighted by molar-refractivity contribution is 0.0843. The molecule has 0 heterocycles. The number of halogens is 1. The second-order valence-electron chi connectivity index (χ2n) is 4.27. The molecule has 3 nitrogen and oxygen atoms in total. The summed E-state index contributed by atoms with van der Waals surface area (Å²) in [5, 5.41) is 0.497. The Kier molecular flexibility index (Phi) is 5.16. The van der Waals surface area contributed by atoms with E-state index in [4.69, 9.17) is 21.1 Å². The summed E-state index contributed by atoms with van der Waals surface area (Å²) in [5.41, 5.74) is 1.47. The lowest BCUT2D eigenvalue weighted by Crippen LogP contribution is -2.09. The molecule has 0 aliphatic carbocycles. The molecule has 0 fully saturated rings. The Morgan fingerprint density at radius 3 is 2.60 bits per heavy atom. The highest BCUT2D eigenvalue weighted by Crippen LogP contribution is 2.24. The highest BCUT2D eigenvalue weighted by molar-refractivity contribution is 6.31. The summed E-state index contributed by atoms with van der Waals surface area (Å²) in [4.78, 5) is 12.0. The third-order valence-corrected chi connectivity index (χ3v) is 2.99. The first-order chi connectivity index (χ1) is 9.70. The minimum absolute atomic E-state index is 0.00202. The van der Waals surface area contributed by atoms with Gasteiger partial charge in [0.15, 0.2) is 5.78 Å². The van der Waals surface area contributed by atoms with Gasteiger partial charge in [0.2, 0.25) is 0 Å². The topological polar surface area (TPSA) is 35.5 Å². The van der Waals surface area contributed by atoms with E-state index in [0.717, 1.165) is 5.56 Å². The number of carbonyl (C=O) groups is 1. The van der Waals surface area contributed by atoms with Crippen molar-refractivity contribution in [2.75, 3.05) is 13.7 Å². The maximum Gasteiger partial charge on any atom is 0.192 e. The summed E-state index contributed by atoms with van der Waals surface area (Å²) in [6.07, 6.45) is 0. The Balaban J connectivity index is 2.16. The van der Waals surface area contributed by atoms with Crippen LogP contribution in [0, 0.1) is 0 Å². The fraction of sp³-hybridized carbons (Fsp3) is 0.188. The molecule has 104 valence electrons. The summed E-state index contributed by atoms with van der Waals surface area (Å²) in [6.45, 7) is 0.401. The standard InChI is InChI=1S/C16H15ClO3/c1-19-11-15(18)14-9-13(17)7-8-16(14)20-10-12-5-3-2-4-6-12/h2-9H,10-11H2,1H3. The van der Waals surface area contributed by atoms with Crippen molar-refractivity contribution in [2.24, 2.45) is 0 Å². The van der Waals surface area contributed by atoms with Crippen molar-refractivity contribution >= 4 is 17.4 Å². The van der Waals surface area contributed by atoms with E-state index in [2.05, 4.69) is 0 Å². The minimum Gasteiger partial charge on any atom is -0.488 e. The van der Waals surface area contributed by atoms with E-state index in [1.165, 1.54) is 7.11 Å². The highest BCUT2D eigenvalue weighted by Gasteiger charge is 2.13. The van der Waals surface area contributed by atoms with Crippen molar-refractivity contribution in [3.8, 4) is 5.75 Å². The quantitative estimate of drug-likeness (QED) is 0.760. The monoisotopic (exact) mass is 290 g/mol. The van der Waals surface area contributed by atoms with Gasteiger partial charge >= 0.3 is 0 Å². The molecule has 0 bridgehead atoms. The minimum atomic E-state index is -0.155. The predicted molar refractivity (Wildman–Crippen MR) is 78.4 cm³/mol. The summed E-state index contributed by atoms with van der Waals surface area (Å²) in [6, 6.07) is 14.8. The Morgan fingerprint density at radius 1 is 1.15 bits per heavy atom.